The van der Waals surface area contributed by atoms with E-state index in [1.54, 1.807) is 21.4 Å². The van der Waals surface area contributed by atoms with Crippen LogP contribution in [-0.2, 0) is 30.3 Å². The maximum atomic E-state index is 13.1. The molecule has 0 spiro atoms. The van der Waals surface area contributed by atoms with Crippen molar-refractivity contribution in [3.8, 4) is 0 Å². The molecule has 0 radical (unpaired) electrons. The number of ether oxygens (including phenoxy) is 2. The third-order valence-corrected chi connectivity index (χ3v) is 8.34. The van der Waals surface area contributed by atoms with Gasteiger partial charge in [0.1, 0.15) is 61.0 Å². The summed E-state index contributed by atoms with van der Waals surface area (Å²) in [6.07, 6.45) is 1.68. The molecule has 0 bridgehead atoms. The van der Waals surface area contributed by atoms with E-state index in [1.165, 1.54) is 19.0 Å². The van der Waals surface area contributed by atoms with Crippen molar-refractivity contribution in [2.45, 2.75) is 49.7 Å². The summed E-state index contributed by atoms with van der Waals surface area (Å²) in [5.41, 5.74) is 13.2. The number of hydrogen-bond donors (Lipinski definition) is 4. The number of nitrogens with zero attached hydrogens (tertiary/aromatic N) is 7. The number of nitrogen functional groups attached to an aromatic ring is 2. The van der Waals surface area contributed by atoms with Crippen molar-refractivity contribution in [2.75, 3.05) is 24.7 Å². The quantitative estimate of drug-likeness (QED) is 0.190. The lowest BCUT2D eigenvalue weighted by Crippen LogP contribution is -2.31. The molecule has 0 aromatic carbocycles. The fourth-order valence-electron chi connectivity index (χ4n) is 4.85. The Labute approximate surface area is 225 Å². The minimum absolute atomic E-state index is 0.204. The average molecular weight is 579 g/mol. The van der Waals surface area contributed by atoms with Gasteiger partial charge in [-0.15, -0.1) is 0 Å². The van der Waals surface area contributed by atoms with Crippen LogP contribution in [0, 0.1) is 0 Å². The Morgan fingerprint density at radius 2 is 1.74 bits per heavy atom. The van der Waals surface area contributed by atoms with Crippen molar-refractivity contribution in [2.24, 2.45) is 0 Å². The minimum Gasteiger partial charge on any atom is -0.780 e. The van der Waals surface area contributed by atoms with E-state index >= 15 is 0 Å². The van der Waals surface area contributed by atoms with Crippen LogP contribution in [0.3, 0.4) is 0 Å². The number of anilines is 2. The van der Waals surface area contributed by atoms with Crippen LogP contribution in [0.4, 0.5) is 11.6 Å². The van der Waals surface area contributed by atoms with Crippen LogP contribution in [0.15, 0.2) is 31.2 Å². The molecule has 6 N–H and O–H groups in total. The first-order chi connectivity index (χ1) is 18.7. The normalized spacial score (nSPS) is 28.9. The summed E-state index contributed by atoms with van der Waals surface area (Å²) >= 11 is 5.12. The molecule has 6 rings (SSSR count). The molecule has 2 aliphatic heterocycles. The Hall–Kier alpha value is -2.86. The van der Waals surface area contributed by atoms with E-state index < -0.39 is 50.2 Å². The zero-order valence-corrected chi connectivity index (χ0v) is 22.0. The molecule has 2 saturated heterocycles. The molecular weight excluding hydrogens is 553 g/mol. The third-order valence-electron chi connectivity index (χ3n) is 6.77. The number of hydrogen-bond acceptors (Lipinski definition) is 15. The van der Waals surface area contributed by atoms with E-state index in [0.717, 1.165) is 0 Å². The number of rotatable bonds is 8. The van der Waals surface area contributed by atoms with Crippen LogP contribution in [-0.4, -0.2) is 81.9 Å². The molecule has 3 unspecified atom stereocenters. The average Bonchev–Trinajstić information content (AvgIpc) is 3.68. The maximum absolute atomic E-state index is 13.1. The van der Waals surface area contributed by atoms with Crippen LogP contribution in [0.25, 0.3) is 22.2 Å². The number of nitrogens with two attached hydrogens (primary N) is 2. The predicted octanol–water partition coefficient (Wildman–Crippen LogP) is -0.650. The van der Waals surface area contributed by atoms with Gasteiger partial charge in [-0.3, -0.25) is 4.57 Å². The molecule has 18 heteroatoms. The summed E-state index contributed by atoms with van der Waals surface area (Å²) in [5.74, 6) is 0.548. The second-order valence-corrected chi connectivity index (χ2v) is 11.9. The van der Waals surface area contributed by atoms with E-state index in [9.17, 15) is 15.1 Å². The molecule has 2 fully saturated rings. The Bertz CT molecular complexity index is 1550. The van der Waals surface area contributed by atoms with Crippen LogP contribution in [0.1, 0.15) is 25.3 Å². The molecule has 0 aliphatic carbocycles. The van der Waals surface area contributed by atoms with Gasteiger partial charge in [0.15, 0.2) is 11.5 Å². The summed E-state index contributed by atoms with van der Waals surface area (Å²) in [5, 5.41) is 21.1. The van der Waals surface area contributed by atoms with Gasteiger partial charge in [0, 0.05) is 19.0 Å². The molecular formula is C21H25N9O7PS-. The third kappa shape index (κ3) is 4.97. The number of aliphatic hydroxyl groups is 2. The smallest absolute Gasteiger partial charge is 0.167 e. The number of imidazole rings is 1. The van der Waals surface area contributed by atoms with Gasteiger partial charge in [0.05, 0.1) is 37.1 Å². The second-order valence-electron chi connectivity index (χ2n) is 9.17. The van der Waals surface area contributed by atoms with E-state index in [4.69, 9.17) is 41.8 Å². The predicted molar refractivity (Wildman–Crippen MR) is 137 cm³/mol. The fraction of sp³-hybridized carbons (Fsp3) is 0.476. The summed E-state index contributed by atoms with van der Waals surface area (Å²) in [6.45, 7) is -4.75. The molecule has 39 heavy (non-hydrogen) atoms. The van der Waals surface area contributed by atoms with Gasteiger partial charge in [-0.2, -0.15) is 0 Å². The Morgan fingerprint density at radius 3 is 2.54 bits per heavy atom. The zero-order chi connectivity index (χ0) is 27.3. The first-order valence-electron chi connectivity index (χ1n) is 12.0. The molecule has 6 heterocycles. The van der Waals surface area contributed by atoms with Crippen LogP contribution >= 0.6 is 6.72 Å². The highest BCUT2D eigenvalue weighted by molar-refractivity contribution is 8.06. The van der Waals surface area contributed by atoms with Crippen molar-refractivity contribution >= 4 is 52.4 Å². The van der Waals surface area contributed by atoms with E-state index in [0.29, 0.717) is 28.0 Å². The number of fused-ring (bicyclic) bond motifs is 2. The van der Waals surface area contributed by atoms with Gasteiger partial charge in [-0.1, -0.05) is 11.8 Å². The summed E-state index contributed by atoms with van der Waals surface area (Å²) in [6, 6.07) is 1.76. The van der Waals surface area contributed by atoms with Gasteiger partial charge < -0.3 is 49.7 Å². The van der Waals surface area contributed by atoms with E-state index in [2.05, 4.69) is 24.9 Å². The highest BCUT2D eigenvalue weighted by atomic mass is 32.5. The van der Waals surface area contributed by atoms with Gasteiger partial charge in [0.25, 0.3) is 0 Å². The summed E-state index contributed by atoms with van der Waals surface area (Å²) in [7, 11) is 0. The number of aromatic nitrogens is 7. The van der Waals surface area contributed by atoms with Crippen LogP contribution in [0.5, 0.6) is 0 Å². The topological polar surface area (TPSA) is 227 Å². The lowest BCUT2D eigenvalue weighted by Gasteiger charge is -2.32. The van der Waals surface area contributed by atoms with Crippen molar-refractivity contribution in [3.05, 3.63) is 31.2 Å². The molecule has 0 amide bonds. The molecule has 0 saturated carbocycles. The lowest BCUT2D eigenvalue weighted by molar-refractivity contribution is -0.215. The zero-order valence-electron chi connectivity index (χ0n) is 20.3. The van der Waals surface area contributed by atoms with Gasteiger partial charge >= 0.3 is 0 Å². The number of aliphatic hydroxyl groups excluding tert-OH is 2. The second kappa shape index (κ2) is 10.3. The Kier molecular flexibility index (Phi) is 6.95. The van der Waals surface area contributed by atoms with E-state index in [-0.39, 0.29) is 25.3 Å². The molecule has 4 aromatic rings. The minimum atomic E-state index is -4.07. The van der Waals surface area contributed by atoms with Crippen LogP contribution < -0.4 is 16.4 Å². The lowest BCUT2D eigenvalue weighted by atomic mass is 10.2. The van der Waals surface area contributed by atoms with Crippen LogP contribution in [0.2, 0.25) is 0 Å². The van der Waals surface area contributed by atoms with Gasteiger partial charge in [0.2, 0.25) is 0 Å². The first-order valence-corrected chi connectivity index (χ1v) is 14.5. The monoisotopic (exact) mass is 578 g/mol. The highest BCUT2D eigenvalue weighted by Crippen LogP contribution is 2.46. The standard InChI is InChI=1S/C21H26N9O7PS/c22-18-10-1-2-29(20(10)26-7-24-18)16-4-12(13(5-31)35-16)37-38(33,39)34-6-14-11(32)3-15(36-14)30-9-28-17-19(23)25-8-27-21(17)30/h1-2,7-9,11-16,31-32H,3-6H2,(H,33,39)(H2,22,24,26)(H2,23,25,27)/p-1/t11?,12?,13-,14-,15-,16-,38?/m1/s1. The SMILES string of the molecule is Nc1ncnc2c1ccn2[C@H]1CC(OP([O-])(=S)OC[C@H]2O[C@@H](n3cnc4c(N)ncnc43)CC2O)[C@@H](CO)O1. The largest absolute Gasteiger partial charge is 0.780 e. The van der Waals surface area contributed by atoms with Gasteiger partial charge in [-0.05, 0) is 6.07 Å². The molecule has 7 atom stereocenters. The Morgan fingerprint density at radius 1 is 1.03 bits per heavy atom. The summed E-state index contributed by atoms with van der Waals surface area (Å²) < 4.78 is 26.3. The molecule has 16 nitrogen and oxygen atoms in total. The highest BCUT2D eigenvalue weighted by Gasteiger charge is 2.40. The fourth-order valence-corrected chi connectivity index (χ4v) is 6.30. The van der Waals surface area contributed by atoms with Crippen molar-refractivity contribution in [1.29, 1.82) is 0 Å². The summed E-state index contributed by atoms with van der Waals surface area (Å²) in [4.78, 5) is 33.6. The van der Waals surface area contributed by atoms with Crippen molar-refractivity contribution < 1.29 is 33.6 Å². The van der Waals surface area contributed by atoms with Crippen molar-refractivity contribution in [3.63, 3.8) is 0 Å². The molecule has 208 valence electrons. The van der Waals surface area contributed by atoms with Gasteiger partial charge in [-0.25, -0.2) is 24.9 Å². The van der Waals surface area contributed by atoms with E-state index in [1.807, 2.05) is 0 Å². The molecule has 4 aromatic heterocycles. The Balaban J connectivity index is 1.09. The van der Waals surface area contributed by atoms with Crippen molar-refractivity contribution in [1.82, 2.24) is 34.1 Å². The first kappa shape index (κ1) is 26.4. The molecule has 2 aliphatic rings. The maximum Gasteiger partial charge on any atom is 0.167 e.